The van der Waals surface area contributed by atoms with Gasteiger partial charge in [-0.1, -0.05) is 13.0 Å². The van der Waals surface area contributed by atoms with Crippen LogP contribution in [0.2, 0.25) is 0 Å². The molecular weight excluding hydrogens is 214 g/mol. The standard InChI is InChI=1S/C14H19NO2/c1-2-11-9-12-3-5-14(16-7-8-17-14)6-4-13(12)15-10-11/h9-10H,2-8H2,1H3. The maximum atomic E-state index is 5.80. The minimum Gasteiger partial charge on any atom is -0.348 e. The predicted octanol–water partition coefficient (Wildman–Crippen LogP) is 2.27. The molecule has 1 aliphatic heterocycles. The van der Waals surface area contributed by atoms with Gasteiger partial charge in [-0.25, -0.2) is 0 Å². The summed E-state index contributed by atoms with van der Waals surface area (Å²) in [6.07, 6.45) is 6.97. The van der Waals surface area contributed by atoms with E-state index >= 15 is 0 Å². The van der Waals surface area contributed by atoms with Crippen LogP contribution in [0.3, 0.4) is 0 Å². The highest BCUT2D eigenvalue weighted by molar-refractivity contribution is 5.27. The van der Waals surface area contributed by atoms with E-state index in [0.717, 1.165) is 45.3 Å². The summed E-state index contributed by atoms with van der Waals surface area (Å²) in [5.74, 6) is -0.312. The summed E-state index contributed by atoms with van der Waals surface area (Å²) in [5.41, 5.74) is 3.95. The number of nitrogens with zero attached hydrogens (tertiary/aromatic N) is 1. The molecule has 2 aliphatic rings. The maximum Gasteiger partial charge on any atom is 0.169 e. The van der Waals surface area contributed by atoms with Crippen LogP contribution in [-0.4, -0.2) is 24.0 Å². The van der Waals surface area contributed by atoms with Crippen LogP contribution in [0, 0.1) is 0 Å². The molecule has 1 aromatic rings. The number of ether oxygens (including phenoxy) is 2. The van der Waals surface area contributed by atoms with Crippen LogP contribution in [0.4, 0.5) is 0 Å². The van der Waals surface area contributed by atoms with Crippen molar-refractivity contribution in [3.63, 3.8) is 0 Å². The highest BCUT2D eigenvalue weighted by Crippen LogP contribution is 2.33. The van der Waals surface area contributed by atoms with Gasteiger partial charge in [0.25, 0.3) is 0 Å². The van der Waals surface area contributed by atoms with Gasteiger partial charge in [-0.2, -0.15) is 0 Å². The normalized spacial score (nSPS) is 22.4. The van der Waals surface area contributed by atoms with Crippen molar-refractivity contribution < 1.29 is 9.47 Å². The molecule has 0 aromatic carbocycles. The molecule has 0 N–H and O–H groups in total. The van der Waals surface area contributed by atoms with Crippen molar-refractivity contribution in [1.82, 2.24) is 4.98 Å². The Balaban J connectivity index is 1.84. The quantitative estimate of drug-likeness (QED) is 0.745. The Morgan fingerprint density at radius 2 is 2.00 bits per heavy atom. The molecule has 1 saturated heterocycles. The predicted molar refractivity (Wildman–Crippen MR) is 64.9 cm³/mol. The molecule has 0 radical (unpaired) electrons. The van der Waals surface area contributed by atoms with Gasteiger partial charge in [0.1, 0.15) is 0 Å². The van der Waals surface area contributed by atoms with Crippen molar-refractivity contribution >= 4 is 0 Å². The zero-order chi connectivity index (χ0) is 11.7. The van der Waals surface area contributed by atoms with Gasteiger partial charge in [0.15, 0.2) is 5.79 Å². The summed E-state index contributed by atoms with van der Waals surface area (Å²) in [5, 5.41) is 0. The number of rotatable bonds is 1. The topological polar surface area (TPSA) is 31.4 Å². The second kappa shape index (κ2) is 4.39. The number of aromatic nitrogens is 1. The fourth-order valence-electron chi connectivity index (χ4n) is 2.77. The Labute approximate surface area is 102 Å². The van der Waals surface area contributed by atoms with Gasteiger partial charge in [-0.3, -0.25) is 4.98 Å². The molecule has 3 rings (SSSR count). The van der Waals surface area contributed by atoms with Crippen LogP contribution < -0.4 is 0 Å². The first-order valence-corrected chi connectivity index (χ1v) is 6.56. The zero-order valence-corrected chi connectivity index (χ0v) is 10.4. The van der Waals surface area contributed by atoms with Gasteiger partial charge in [-0.05, 0) is 30.4 Å². The molecule has 0 bridgehead atoms. The van der Waals surface area contributed by atoms with E-state index in [1.165, 1.54) is 16.8 Å². The molecule has 1 spiro atoms. The Bertz CT molecular complexity index is 411. The van der Waals surface area contributed by atoms with Gasteiger partial charge in [0, 0.05) is 24.7 Å². The van der Waals surface area contributed by atoms with Crippen molar-refractivity contribution in [1.29, 1.82) is 0 Å². The smallest absolute Gasteiger partial charge is 0.169 e. The third-order valence-corrected chi connectivity index (χ3v) is 3.86. The second-order valence-electron chi connectivity index (χ2n) is 4.91. The number of pyridine rings is 1. The molecule has 0 amide bonds. The van der Waals surface area contributed by atoms with Crippen molar-refractivity contribution in [2.75, 3.05) is 13.2 Å². The first-order chi connectivity index (χ1) is 8.31. The number of fused-ring (bicyclic) bond motifs is 1. The molecule has 0 unspecified atom stereocenters. The van der Waals surface area contributed by atoms with Crippen molar-refractivity contribution in [3.8, 4) is 0 Å². The molecule has 2 heterocycles. The minimum atomic E-state index is -0.312. The number of aryl methyl sites for hydroxylation is 3. The lowest BCUT2D eigenvalue weighted by atomic mass is 10.0. The minimum absolute atomic E-state index is 0.312. The molecule has 1 aromatic heterocycles. The van der Waals surface area contributed by atoms with E-state index in [1.807, 2.05) is 6.20 Å². The van der Waals surface area contributed by atoms with Crippen LogP contribution in [-0.2, 0) is 28.7 Å². The molecule has 3 nitrogen and oxygen atoms in total. The van der Waals surface area contributed by atoms with Crippen LogP contribution in [0.1, 0.15) is 36.6 Å². The monoisotopic (exact) mass is 233 g/mol. The van der Waals surface area contributed by atoms with Gasteiger partial charge >= 0.3 is 0 Å². The average molecular weight is 233 g/mol. The van der Waals surface area contributed by atoms with E-state index in [9.17, 15) is 0 Å². The summed E-state index contributed by atoms with van der Waals surface area (Å²) < 4.78 is 11.6. The van der Waals surface area contributed by atoms with Crippen LogP contribution in [0.25, 0.3) is 0 Å². The summed E-state index contributed by atoms with van der Waals surface area (Å²) in [4.78, 5) is 4.59. The fraction of sp³-hybridized carbons (Fsp3) is 0.643. The van der Waals surface area contributed by atoms with E-state index in [1.54, 1.807) is 0 Å². The van der Waals surface area contributed by atoms with Gasteiger partial charge in [0.2, 0.25) is 0 Å². The first-order valence-electron chi connectivity index (χ1n) is 6.56. The van der Waals surface area contributed by atoms with Gasteiger partial charge in [-0.15, -0.1) is 0 Å². The summed E-state index contributed by atoms with van der Waals surface area (Å²) in [6.45, 7) is 3.65. The SMILES string of the molecule is CCc1cnc2c(c1)CCC1(CC2)OCCO1. The lowest BCUT2D eigenvalue weighted by Gasteiger charge is -2.25. The van der Waals surface area contributed by atoms with E-state index < -0.39 is 0 Å². The van der Waals surface area contributed by atoms with Crippen molar-refractivity contribution in [3.05, 3.63) is 29.1 Å². The molecule has 92 valence electrons. The number of hydrogen-bond acceptors (Lipinski definition) is 3. The third-order valence-electron chi connectivity index (χ3n) is 3.86. The van der Waals surface area contributed by atoms with E-state index in [-0.39, 0.29) is 5.79 Å². The van der Waals surface area contributed by atoms with E-state index in [4.69, 9.17) is 9.47 Å². The molecule has 0 saturated carbocycles. The Morgan fingerprint density at radius 1 is 1.24 bits per heavy atom. The second-order valence-corrected chi connectivity index (χ2v) is 4.91. The lowest BCUT2D eigenvalue weighted by Crippen LogP contribution is -2.30. The Morgan fingerprint density at radius 3 is 2.76 bits per heavy atom. The highest BCUT2D eigenvalue weighted by atomic mass is 16.7. The maximum absolute atomic E-state index is 5.80. The summed E-state index contributed by atoms with van der Waals surface area (Å²) in [6, 6.07) is 2.30. The van der Waals surface area contributed by atoms with Gasteiger partial charge in [0.05, 0.1) is 13.2 Å². The zero-order valence-electron chi connectivity index (χ0n) is 10.4. The van der Waals surface area contributed by atoms with Crippen molar-refractivity contribution in [2.24, 2.45) is 0 Å². The Kier molecular flexibility index (Phi) is 2.89. The molecular formula is C14H19NO2. The lowest BCUT2D eigenvalue weighted by molar-refractivity contribution is -0.164. The molecule has 0 atom stereocenters. The van der Waals surface area contributed by atoms with Crippen molar-refractivity contribution in [2.45, 2.75) is 44.8 Å². The summed E-state index contributed by atoms with van der Waals surface area (Å²) >= 11 is 0. The summed E-state index contributed by atoms with van der Waals surface area (Å²) in [7, 11) is 0. The Hall–Kier alpha value is -0.930. The number of hydrogen-bond donors (Lipinski definition) is 0. The molecule has 17 heavy (non-hydrogen) atoms. The van der Waals surface area contributed by atoms with Crippen LogP contribution in [0.15, 0.2) is 12.3 Å². The van der Waals surface area contributed by atoms with Crippen LogP contribution in [0.5, 0.6) is 0 Å². The largest absolute Gasteiger partial charge is 0.348 e. The van der Waals surface area contributed by atoms with Gasteiger partial charge < -0.3 is 9.47 Å². The highest BCUT2D eigenvalue weighted by Gasteiger charge is 2.37. The third kappa shape index (κ3) is 2.09. The average Bonchev–Trinajstić information content (AvgIpc) is 2.75. The first kappa shape index (κ1) is 11.2. The molecule has 1 aliphatic carbocycles. The van der Waals surface area contributed by atoms with E-state index in [0.29, 0.717) is 0 Å². The molecule has 1 fully saturated rings. The van der Waals surface area contributed by atoms with E-state index in [2.05, 4.69) is 18.0 Å². The molecule has 3 heteroatoms. The fourth-order valence-corrected chi connectivity index (χ4v) is 2.77. The van der Waals surface area contributed by atoms with Crippen LogP contribution >= 0.6 is 0 Å².